The highest BCUT2D eigenvalue weighted by Crippen LogP contribution is 2.52. The van der Waals surface area contributed by atoms with Crippen molar-refractivity contribution in [1.29, 1.82) is 5.26 Å². The number of aliphatic hydroxyl groups is 1. The molecule has 2 aromatic carbocycles. The van der Waals surface area contributed by atoms with E-state index in [1.165, 1.54) is 0 Å². The Labute approximate surface area is 257 Å². The first-order chi connectivity index (χ1) is 21.3. The number of para-hydroxylation sites is 1. The van der Waals surface area contributed by atoms with Gasteiger partial charge in [0.15, 0.2) is 11.5 Å². The number of rotatable bonds is 12. The fraction of sp³-hybridized carbons (Fsp3) is 0.382. The zero-order valence-corrected chi connectivity index (χ0v) is 25.8. The quantitative estimate of drug-likeness (QED) is 0.237. The molecule has 0 aliphatic carbocycles. The molecule has 0 saturated carbocycles. The van der Waals surface area contributed by atoms with Gasteiger partial charge in [-0.2, -0.15) is 10.2 Å². The van der Waals surface area contributed by atoms with Crippen LogP contribution in [0.15, 0.2) is 54.6 Å². The van der Waals surface area contributed by atoms with Gasteiger partial charge in [0.05, 0.1) is 43.4 Å². The molecule has 10 heteroatoms. The first kappa shape index (κ1) is 30.9. The van der Waals surface area contributed by atoms with Crippen molar-refractivity contribution >= 4 is 10.9 Å². The number of hydrogen-bond donors (Lipinski definition) is 1. The molecule has 4 aromatic rings. The summed E-state index contributed by atoms with van der Waals surface area (Å²) < 4.78 is 29.8. The summed E-state index contributed by atoms with van der Waals surface area (Å²) in [6, 6.07) is 18.6. The smallest absolute Gasteiger partial charge is 0.217 e. The summed E-state index contributed by atoms with van der Waals surface area (Å²) in [5.74, 6) is 1.38. The minimum Gasteiger partial charge on any atom is -0.486 e. The fourth-order valence-electron chi connectivity index (χ4n) is 5.64. The Morgan fingerprint density at radius 3 is 2.36 bits per heavy atom. The third-order valence-corrected chi connectivity index (χ3v) is 7.63. The molecule has 3 heterocycles. The average Bonchev–Trinajstić information content (AvgIpc) is 3.03. The lowest BCUT2D eigenvalue weighted by molar-refractivity contribution is 0.00205. The molecule has 230 valence electrons. The normalized spacial score (nSPS) is 14.5. The highest BCUT2D eigenvalue weighted by atomic mass is 16.6. The second kappa shape index (κ2) is 13.4. The van der Waals surface area contributed by atoms with Gasteiger partial charge in [0.2, 0.25) is 17.6 Å². The maximum absolute atomic E-state index is 13.3. The number of hydrogen-bond acceptors (Lipinski definition) is 10. The van der Waals surface area contributed by atoms with Gasteiger partial charge in [-0.1, -0.05) is 12.1 Å². The van der Waals surface area contributed by atoms with Crippen LogP contribution in [0.2, 0.25) is 0 Å². The van der Waals surface area contributed by atoms with E-state index in [0.717, 1.165) is 5.39 Å². The summed E-state index contributed by atoms with van der Waals surface area (Å²) in [6.07, 6.45) is 0.301. The predicted octanol–water partition coefficient (Wildman–Crippen LogP) is 5.05. The molecule has 0 saturated heterocycles. The SMILES string of the molecule is CCOc1cc(C(O)(CCN(C)C)C(c2cc3cc(C#N)ccc3nc2OC)c2cccc3c2OCCO3)cc(OCC)n1. The van der Waals surface area contributed by atoms with Gasteiger partial charge < -0.3 is 33.7 Å². The van der Waals surface area contributed by atoms with Crippen LogP contribution in [0.4, 0.5) is 0 Å². The molecule has 2 atom stereocenters. The van der Waals surface area contributed by atoms with Crippen LogP contribution in [0.5, 0.6) is 29.1 Å². The molecule has 1 aliphatic heterocycles. The minimum absolute atomic E-state index is 0.301. The summed E-state index contributed by atoms with van der Waals surface area (Å²) in [6.45, 7) is 5.87. The number of aromatic nitrogens is 2. The van der Waals surface area contributed by atoms with Crippen LogP contribution in [0.25, 0.3) is 10.9 Å². The lowest BCUT2D eigenvalue weighted by atomic mass is 9.71. The largest absolute Gasteiger partial charge is 0.486 e. The Hall–Kier alpha value is -4.59. The second-order valence-electron chi connectivity index (χ2n) is 10.8. The predicted molar refractivity (Wildman–Crippen MR) is 166 cm³/mol. The summed E-state index contributed by atoms with van der Waals surface area (Å²) in [7, 11) is 5.48. The molecule has 44 heavy (non-hydrogen) atoms. The van der Waals surface area contributed by atoms with Gasteiger partial charge in [-0.15, -0.1) is 0 Å². The van der Waals surface area contributed by atoms with Crippen LogP contribution in [-0.2, 0) is 5.60 Å². The number of ether oxygens (including phenoxy) is 5. The zero-order chi connectivity index (χ0) is 31.3. The first-order valence-corrected chi connectivity index (χ1v) is 14.7. The van der Waals surface area contributed by atoms with Crippen LogP contribution < -0.4 is 23.7 Å². The van der Waals surface area contributed by atoms with Gasteiger partial charge in [0, 0.05) is 35.2 Å². The monoisotopic (exact) mass is 598 g/mol. The lowest BCUT2D eigenvalue weighted by Crippen LogP contribution is -2.38. The third kappa shape index (κ3) is 6.20. The minimum atomic E-state index is -1.59. The van der Waals surface area contributed by atoms with Crippen molar-refractivity contribution in [1.82, 2.24) is 14.9 Å². The van der Waals surface area contributed by atoms with Gasteiger partial charge in [-0.25, -0.2) is 4.98 Å². The average molecular weight is 599 g/mol. The van der Waals surface area contributed by atoms with Crippen molar-refractivity contribution in [3.8, 4) is 35.2 Å². The van der Waals surface area contributed by atoms with Crippen molar-refractivity contribution in [3.05, 3.63) is 76.9 Å². The number of benzene rings is 2. The molecule has 2 unspecified atom stereocenters. The molecule has 1 aliphatic rings. The highest BCUT2D eigenvalue weighted by molar-refractivity contribution is 5.82. The second-order valence-corrected chi connectivity index (χ2v) is 10.8. The van der Waals surface area contributed by atoms with Crippen molar-refractivity contribution in [2.45, 2.75) is 31.8 Å². The molecule has 0 fully saturated rings. The van der Waals surface area contributed by atoms with E-state index in [0.29, 0.717) is 96.3 Å². The van der Waals surface area contributed by atoms with E-state index in [9.17, 15) is 10.4 Å². The number of pyridine rings is 2. The van der Waals surface area contributed by atoms with Crippen molar-refractivity contribution in [2.75, 3.05) is 54.2 Å². The molecule has 10 nitrogen and oxygen atoms in total. The van der Waals surface area contributed by atoms with E-state index in [1.54, 1.807) is 37.4 Å². The Kier molecular flexibility index (Phi) is 9.37. The van der Waals surface area contributed by atoms with Crippen LogP contribution in [0, 0.1) is 11.3 Å². The zero-order valence-electron chi connectivity index (χ0n) is 25.8. The summed E-state index contributed by atoms with van der Waals surface area (Å²) >= 11 is 0. The van der Waals surface area contributed by atoms with Gasteiger partial charge in [0.1, 0.15) is 18.8 Å². The molecular formula is C34H38N4O6. The van der Waals surface area contributed by atoms with Crippen LogP contribution >= 0.6 is 0 Å². The van der Waals surface area contributed by atoms with E-state index in [4.69, 9.17) is 28.7 Å². The molecule has 0 bridgehead atoms. The summed E-state index contributed by atoms with van der Waals surface area (Å²) in [5, 5.41) is 23.6. The number of nitriles is 1. The molecular weight excluding hydrogens is 560 g/mol. The Morgan fingerprint density at radius 2 is 1.70 bits per heavy atom. The molecule has 2 aromatic heterocycles. The van der Waals surface area contributed by atoms with Crippen molar-refractivity contribution in [2.24, 2.45) is 0 Å². The van der Waals surface area contributed by atoms with Crippen LogP contribution in [0.3, 0.4) is 0 Å². The maximum atomic E-state index is 13.3. The van der Waals surface area contributed by atoms with E-state index >= 15 is 0 Å². The van der Waals surface area contributed by atoms with Gasteiger partial charge in [-0.3, -0.25) is 0 Å². The highest BCUT2D eigenvalue weighted by Gasteiger charge is 2.45. The summed E-state index contributed by atoms with van der Waals surface area (Å²) in [5.41, 5.74) is 1.44. The topological polar surface area (TPSA) is 119 Å². The number of methoxy groups -OCH3 is 1. The Morgan fingerprint density at radius 1 is 0.977 bits per heavy atom. The molecule has 0 amide bonds. The summed E-state index contributed by atoms with van der Waals surface area (Å²) in [4.78, 5) is 11.4. The third-order valence-electron chi connectivity index (χ3n) is 7.63. The number of nitrogens with zero attached hydrogens (tertiary/aromatic N) is 4. The van der Waals surface area contributed by atoms with E-state index < -0.39 is 11.5 Å². The van der Waals surface area contributed by atoms with E-state index in [2.05, 4.69) is 11.1 Å². The van der Waals surface area contributed by atoms with Crippen molar-refractivity contribution in [3.63, 3.8) is 0 Å². The molecule has 5 rings (SSSR count). The maximum Gasteiger partial charge on any atom is 0.217 e. The fourth-order valence-corrected chi connectivity index (χ4v) is 5.64. The Balaban J connectivity index is 1.86. The van der Waals surface area contributed by atoms with Crippen LogP contribution in [0.1, 0.15) is 48.4 Å². The van der Waals surface area contributed by atoms with Gasteiger partial charge in [-0.05, 0) is 70.3 Å². The van der Waals surface area contributed by atoms with Crippen LogP contribution in [-0.4, -0.2) is 74.2 Å². The standard InChI is InChI=1S/C34H38N4O6/c1-6-41-29-19-24(20-30(37-29)42-7-2)34(39,13-14-38(3)4)31(25-9-8-10-28-32(25)44-16-15-43-28)26-18-23-17-22(21-35)11-12-27(23)36-33(26)40-5/h8-12,17-20,31,39H,6-7,13-16H2,1-5H3. The first-order valence-electron chi connectivity index (χ1n) is 14.7. The molecule has 1 N–H and O–H groups in total. The molecule has 0 radical (unpaired) electrons. The van der Waals surface area contributed by atoms with Gasteiger partial charge >= 0.3 is 0 Å². The Bertz CT molecular complexity index is 1650. The van der Waals surface area contributed by atoms with Crippen molar-refractivity contribution < 1.29 is 28.8 Å². The lowest BCUT2D eigenvalue weighted by Gasteiger charge is -2.40. The number of fused-ring (bicyclic) bond motifs is 2. The van der Waals surface area contributed by atoms with Gasteiger partial charge in [0.25, 0.3) is 0 Å². The van der Waals surface area contributed by atoms with E-state index in [1.807, 2.05) is 57.1 Å². The molecule has 0 spiro atoms. The van der Waals surface area contributed by atoms with E-state index in [-0.39, 0.29) is 0 Å².